The van der Waals surface area contributed by atoms with Gasteiger partial charge in [-0.3, -0.25) is 14.4 Å². The van der Waals surface area contributed by atoms with Crippen molar-refractivity contribution in [2.75, 3.05) is 17.2 Å². The molecular formula is C26H23N3O5. The maximum atomic E-state index is 12.7. The Labute approximate surface area is 196 Å². The predicted molar refractivity (Wildman–Crippen MR) is 129 cm³/mol. The third kappa shape index (κ3) is 7.16. The second kappa shape index (κ2) is 11.8. The number of carbonyl (C=O) groups excluding carboxylic acids is 4. The minimum Gasteiger partial charge on any atom is -0.451 e. The van der Waals surface area contributed by atoms with Gasteiger partial charge in [0, 0.05) is 12.6 Å². The van der Waals surface area contributed by atoms with Crippen molar-refractivity contribution in [3.05, 3.63) is 102 Å². The number of anilines is 2. The van der Waals surface area contributed by atoms with E-state index < -0.39 is 30.3 Å². The third-order valence-electron chi connectivity index (χ3n) is 4.45. The van der Waals surface area contributed by atoms with Crippen LogP contribution < -0.4 is 16.0 Å². The van der Waals surface area contributed by atoms with Crippen LogP contribution in [0.3, 0.4) is 0 Å². The van der Waals surface area contributed by atoms with Gasteiger partial charge in [0.2, 0.25) is 5.91 Å². The van der Waals surface area contributed by atoms with Crippen molar-refractivity contribution >= 4 is 41.1 Å². The first-order valence-electron chi connectivity index (χ1n) is 10.4. The zero-order valence-electron chi connectivity index (χ0n) is 18.4. The summed E-state index contributed by atoms with van der Waals surface area (Å²) in [6, 6.07) is 24.2. The average Bonchev–Trinajstić information content (AvgIpc) is 2.83. The van der Waals surface area contributed by atoms with Gasteiger partial charge in [0.1, 0.15) is 5.70 Å². The number of benzene rings is 3. The zero-order chi connectivity index (χ0) is 24.3. The molecule has 3 N–H and O–H groups in total. The van der Waals surface area contributed by atoms with Crippen LogP contribution >= 0.6 is 0 Å². The Kier molecular flexibility index (Phi) is 8.29. The van der Waals surface area contributed by atoms with Crippen LogP contribution in [0.1, 0.15) is 22.8 Å². The van der Waals surface area contributed by atoms with Crippen LogP contribution in [0.15, 0.2) is 90.6 Å². The van der Waals surface area contributed by atoms with Gasteiger partial charge in [0.15, 0.2) is 6.61 Å². The van der Waals surface area contributed by atoms with Gasteiger partial charge in [-0.25, -0.2) is 4.79 Å². The van der Waals surface area contributed by atoms with Gasteiger partial charge in [-0.05, 0) is 35.9 Å². The summed E-state index contributed by atoms with van der Waals surface area (Å²) in [6.07, 6.45) is 1.45. The number of ether oxygens (including phenoxy) is 1. The molecule has 172 valence electrons. The van der Waals surface area contributed by atoms with Crippen molar-refractivity contribution in [3.63, 3.8) is 0 Å². The average molecular weight is 457 g/mol. The molecule has 0 aliphatic rings. The van der Waals surface area contributed by atoms with Crippen molar-refractivity contribution in [2.24, 2.45) is 0 Å². The molecule has 3 rings (SSSR count). The highest BCUT2D eigenvalue weighted by molar-refractivity contribution is 6.10. The number of hydrogen-bond acceptors (Lipinski definition) is 5. The van der Waals surface area contributed by atoms with E-state index in [-0.39, 0.29) is 16.9 Å². The molecule has 0 heterocycles. The maximum Gasteiger partial charge on any atom is 0.355 e. The van der Waals surface area contributed by atoms with Crippen LogP contribution in [0.4, 0.5) is 11.4 Å². The Balaban J connectivity index is 1.64. The molecule has 0 unspecified atom stereocenters. The Bertz CT molecular complexity index is 1210. The number of hydrogen-bond donors (Lipinski definition) is 3. The monoisotopic (exact) mass is 457 g/mol. The Morgan fingerprint density at radius 2 is 1.41 bits per heavy atom. The summed E-state index contributed by atoms with van der Waals surface area (Å²) in [5.41, 5.74) is 1.69. The highest BCUT2D eigenvalue weighted by Crippen LogP contribution is 2.17. The Hall–Kier alpha value is -4.72. The van der Waals surface area contributed by atoms with Gasteiger partial charge >= 0.3 is 5.97 Å². The molecule has 3 amide bonds. The molecule has 0 saturated heterocycles. The van der Waals surface area contributed by atoms with Crippen LogP contribution in [0.5, 0.6) is 0 Å². The van der Waals surface area contributed by atoms with Crippen molar-refractivity contribution in [1.29, 1.82) is 0 Å². The van der Waals surface area contributed by atoms with Gasteiger partial charge in [-0.2, -0.15) is 0 Å². The Morgan fingerprint density at radius 1 is 0.794 bits per heavy atom. The maximum absolute atomic E-state index is 12.7. The molecule has 8 heteroatoms. The van der Waals surface area contributed by atoms with Crippen LogP contribution in [0.2, 0.25) is 0 Å². The summed E-state index contributed by atoms with van der Waals surface area (Å²) >= 11 is 0. The molecule has 8 nitrogen and oxygen atoms in total. The van der Waals surface area contributed by atoms with E-state index in [2.05, 4.69) is 16.0 Å². The van der Waals surface area contributed by atoms with E-state index in [0.717, 1.165) is 0 Å². The minimum atomic E-state index is -0.871. The summed E-state index contributed by atoms with van der Waals surface area (Å²) in [5, 5.41) is 7.75. The van der Waals surface area contributed by atoms with E-state index in [1.165, 1.54) is 13.0 Å². The summed E-state index contributed by atoms with van der Waals surface area (Å²) in [5.74, 6) is -2.38. The second-order valence-corrected chi connectivity index (χ2v) is 7.14. The number of nitrogens with one attached hydrogen (secondary N) is 3. The van der Waals surface area contributed by atoms with E-state index in [1.807, 2.05) is 12.1 Å². The fraction of sp³-hybridized carbons (Fsp3) is 0.0769. The quantitative estimate of drug-likeness (QED) is 0.353. The smallest absolute Gasteiger partial charge is 0.355 e. The lowest BCUT2D eigenvalue weighted by molar-refractivity contribution is -0.144. The molecule has 3 aromatic carbocycles. The highest BCUT2D eigenvalue weighted by Gasteiger charge is 2.17. The van der Waals surface area contributed by atoms with Crippen LogP contribution in [-0.4, -0.2) is 30.3 Å². The van der Waals surface area contributed by atoms with Crippen molar-refractivity contribution in [1.82, 2.24) is 5.32 Å². The van der Waals surface area contributed by atoms with Gasteiger partial charge in [-0.1, -0.05) is 60.7 Å². The van der Waals surface area contributed by atoms with E-state index in [9.17, 15) is 19.2 Å². The fourth-order valence-electron chi connectivity index (χ4n) is 2.96. The van der Waals surface area contributed by atoms with Crippen molar-refractivity contribution in [3.8, 4) is 0 Å². The molecule has 0 aliphatic heterocycles. The largest absolute Gasteiger partial charge is 0.451 e. The van der Waals surface area contributed by atoms with Gasteiger partial charge in [-0.15, -0.1) is 0 Å². The van der Waals surface area contributed by atoms with Crippen LogP contribution in [0.25, 0.3) is 6.08 Å². The third-order valence-corrected chi connectivity index (χ3v) is 4.45. The number of amides is 3. The topological polar surface area (TPSA) is 114 Å². The fourth-order valence-corrected chi connectivity index (χ4v) is 2.96. The van der Waals surface area contributed by atoms with Gasteiger partial charge in [0.25, 0.3) is 11.8 Å². The molecule has 0 spiro atoms. The van der Waals surface area contributed by atoms with Gasteiger partial charge in [0.05, 0.1) is 11.3 Å². The zero-order valence-corrected chi connectivity index (χ0v) is 18.4. The summed E-state index contributed by atoms with van der Waals surface area (Å²) in [6.45, 7) is 0.648. The normalized spacial score (nSPS) is 10.7. The second-order valence-electron chi connectivity index (χ2n) is 7.14. The van der Waals surface area contributed by atoms with Crippen LogP contribution in [0, 0.1) is 0 Å². The summed E-state index contributed by atoms with van der Waals surface area (Å²) in [7, 11) is 0. The predicted octanol–water partition coefficient (Wildman–Crippen LogP) is 3.60. The van der Waals surface area contributed by atoms with E-state index in [4.69, 9.17) is 4.74 Å². The Morgan fingerprint density at radius 3 is 2.09 bits per heavy atom. The molecule has 0 aliphatic carbocycles. The summed E-state index contributed by atoms with van der Waals surface area (Å²) in [4.78, 5) is 49.0. The lowest BCUT2D eigenvalue weighted by Gasteiger charge is -2.12. The lowest BCUT2D eigenvalue weighted by atomic mass is 10.1. The lowest BCUT2D eigenvalue weighted by Crippen LogP contribution is -2.29. The van der Waals surface area contributed by atoms with Crippen molar-refractivity contribution < 1.29 is 23.9 Å². The minimum absolute atomic E-state index is 0.103. The molecule has 0 bridgehead atoms. The molecule has 0 saturated carbocycles. The number of carbonyl (C=O) groups is 4. The molecule has 0 radical (unpaired) electrons. The van der Waals surface area contributed by atoms with Gasteiger partial charge < -0.3 is 20.7 Å². The van der Waals surface area contributed by atoms with Crippen LogP contribution in [-0.2, 0) is 19.1 Å². The van der Waals surface area contributed by atoms with E-state index in [0.29, 0.717) is 11.3 Å². The summed E-state index contributed by atoms with van der Waals surface area (Å²) < 4.78 is 5.07. The number of para-hydroxylation sites is 2. The molecular weight excluding hydrogens is 434 g/mol. The van der Waals surface area contributed by atoms with E-state index >= 15 is 0 Å². The first kappa shape index (κ1) is 23.9. The first-order chi connectivity index (χ1) is 16.4. The standard InChI is InChI=1S/C26H23N3O5/c1-18(30)27-23(16-19-10-4-2-5-11-19)26(33)34-17-24(31)29-22-15-9-8-14-21(22)25(32)28-20-12-6-3-7-13-20/h2-16H,17H2,1H3,(H,27,30)(H,28,32)(H,29,31). The molecule has 0 aromatic heterocycles. The molecule has 0 fully saturated rings. The first-order valence-corrected chi connectivity index (χ1v) is 10.4. The number of rotatable bonds is 8. The SMILES string of the molecule is CC(=O)NC(=Cc1ccccc1)C(=O)OCC(=O)Nc1ccccc1C(=O)Nc1ccccc1. The molecule has 0 atom stereocenters. The molecule has 34 heavy (non-hydrogen) atoms. The number of esters is 1. The molecule has 3 aromatic rings. The highest BCUT2D eigenvalue weighted by atomic mass is 16.5. The van der Waals surface area contributed by atoms with Crippen molar-refractivity contribution in [2.45, 2.75) is 6.92 Å². The van der Waals surface area contributed by atoms with E-state index in [1.54, 1.807) is 72.8 Å².